The molecule has 0 bridgehead atoms. The molecule has 0 saturated carbocycles. The maximum atomic E-state index is 5.90. The van der Waals surface area contributed by atoms with Crippen LogP contribution in [0.25, 0.3) is 11.0 Å². The Morgan fingerprint density at radius 2 is 2.00 bits per heavy atom. The highest BCUT2D eigenvalue weighted by molar-refractivity contribution is 5.76. The fourth-order valence-electron chi connectivity index (χ4n) is 2.77. The van der Waals surface area contributed by atoms with Crippen LogP contribution in [-0.2, 0) is 0 Å². The van der Waals surface area contributed by atoms with Crippen LogP contribution >= 0.6 is 0 Å². The first-order valence-electron chi connectivity index (χ1n) is 7.71. The highest BCUT2D eigenvalue weighted by Gasteiger charge is 2.12. The highest BCUT2D eigenvalue weighted by Crippen LogP contribution is 2.21. The van der Waals surface area contributed by atoms with Crippen LogP contribution in [0.3, 0.4) is 0 Å². The van der Waals surface area contributed by atoms with E-state index in [1.807, 2.05) is 24.3 Å². The Hall–Kier alpha value is -1.88. The lowest BCUT2D eigenvalue weighted by molar-refractivity contribution is 0.278. The number of aromatic nitrogens is 2. The van der Waals surface area contributed by atoms with Crippen molar-refractivity contribution in [3.8, 4) is 5.88 Å². The molecule has 5 heteroatoms. The molecule has 2 heterocycles. The molecule has 3 rings (SSSR count). The number of anilines is 1. The number of nitrogen functional groups attached to an aromatic ring is 1. The summed E-state index contributed by atoms with van der Waals surface area (Å²) in [4.78, 5) is 8.76. The Morgan fingerprint density at radius 1 is 1.19 bits per heavy atom. The van der Waals surface area contributed by atoms with E-state index in [1.54, 1.807) is 0 Å². The van der Waals surface area contributed by atoms with Gasteiger partial charge in [-0.25, -0.2) is 9.97 Å². The number of nitrogens with one attached hydrogen (secondary N) is 1. The zero-order valence-electron chi connectivity index (χ0n) is 12.2. The molecule has 5 nitrogen and oxygen atoms in total. The van der Waals surface area contributed by atoms with Crippen molar-refractivity contribution in [2.75, 3.05) is 18.9 Å². The molecule has 1 aromatic carbocycles. The largest absolute Gasteiger partial charge is 0.475 e. The van der Waals surface area contributed by atoms with Crippen molar-refractivity contribution < 1.29 is 4.74 Å². The molecule has 112 valence electrons. The van der Waals surface area contributed by atoms with Crippen LogP contribution in [0.2, 0.25) is 0 Å². The van der Waals surface area contributed by atoms with E-state index >= 15 is 0 Å². The zero-order chi connectivity index (χ0) is 14.5. The Labute approximate surface area is 124 Å². The van der Waals surface area contributed by atoms with Crippen LogP contribution in [0.15, 0.2) is 24.3 Å². The maximum absolute atomic E-state index is 5.90. The summed E-state index contributed by atoms with van der Waals surface area (Å²) in [5.74, 6) is 0.815. The van der Waals surface area contributed by atoms with E-state index in [1.165, 1.54) is 19.3 Å². The van der Waals surface area contributed by atoms with Gasteiger partial charge in [-0.1, -0.05) is 18.6 Å². The number of para-hydroxylation sites is 2. The average Bonchev–Trinajstić information content (AvgIpc) is 2.53. The van der Waals surface area contributed by atoms with Crippen LogP contribution in [0.5, 0.6) is 5.88 Å². The first-order valence-corrected chi connectivity index (χ1v) is 7.71. The van der Waals surface area contributed by atoms with Gasteiger partial charge < -0.3 is 15.8 Å². The molecule has 1 unspecified atom stereocenters. The van der Waals surface area contributed by atoms with Gasteiger partial charge in [0.25, 0.3) is 5.88 Å². The second-order valence-electron chi connectivity index (χ2n) is 5.54. The monoisotopic (exact) mass is 286 g/mol. The molecule has 21 heavy (non-hydrogen) atoms. The molecule has 0 amide bonds. The van der Waals surface area contributed by atoms with Gasteiger partial charge in [-0.05, 0) is 44.4 Å². The molecular weight excluding hydrogens is 264 g/mol. The fourth-order valence-corrected chi connectivity index (χ4v) is 2.77. The highest BCUT2D eigenvalue weighted by atomic mass is 16.5. The average molecular weight is 286 g/mol. The Kier molecular flexibility index (Phi) is 4.50. The van der Waals surface area contributed by atoms with Crippen molar-refractivity contribution in [2.45, 2.75) is 38.1 Å². The Morgan fingerprint density at radius 3 is 2.76 bits per heavy atom. The summed E-state index contributed by atoms with van der Waals surface area (Å²) in [6.45, 7) is 1.78. The second-order valence-corrected chi connectivity index (χ2v) is 5.54. The number of hydrogen-bond donors (Lipinski definition) is 2. The lowest BCUT2D eigenvalue weighted by Crippen LogP contribution is -2.34. The molecule has 1 fully saturated rings. The van der Waals surface area contributed by atoms with Gasteiger partial charge in [0.05, 0.1) is 17.6 Å². The van der Waals surface area contributed by atoms with Gasteiger partial charge in [0.2, 0.25) is 0 Å². The molecule has 1 aliphatic rings. The van der Waals surface area contributed by atoms with Crippen molar-refractivity contribution in [3.05, 3.63) is 24.3 Å². The smallest absolute Gasteiger partial charge is 0.257 e. The molecular formula is C16H22N4O. The second kappa shape index (κ2) is 6.72. The number of hydrogen-bond acceptors (Lipinski definition) is 5. The van der Waals surface area contributed by atoms with Crippen LogP contribution in [0.4, 0.5) is 5.82 Å². The topological polar surface area (TPSA) is 73.1 Å². The van der Waals surface area contributed by atoms with Crippen molar-refractivity contribution >= 4 is 16.9 Å². The minimum absolute atomic E-state index is 0.365. The minimum Gasteiger partial charge on any atom is -0.475 e. The van der Waals surface area contributed by atoms with Gasteiger partial charge in [0.1, 0.15) is 0 Å². The molecule has 1 aromatic heterocycles. The first-order chi connectivity index (χ1) is 10.3. The van der Waals surface area contributed by atoms with Crippen molar-refractivity contribution in [1.82, 2.24) is 15.3 Å². The normalized spacial score (nSPS) is 18.8. The first kappa shape index (κ1) is 14.1. The standard InChI is InChI=1S/C16H22N4O/c17-15-16(20-14-9-2-1-8-13(14)19-15)21-11-5-7-12-6-3-4-10-18-12/h1-2,8-9,12,18H,3-7,10-11H2,(H2,17,19). The lowest BCUT2D eigenvalue weighted by Gasteiger charge is -2.23. The van der Waals surface area contributed by atoms with E-state index in [9.17, 15) is 0 Å². The van der Waals surface area contributed by atoms with Gasteiger partial charge in [-0.2, -0.15) is 0 Å². The summed E-state index contributed by atoms with van der Waals surface area (Å²) in [6.07, 6.45) is 6.06. The number of benzene rings is 1. The number of fused-ring (bicyclic) bond motifs is 1. The van der Waals surface area contributed by atoms with E-state index in [0.29, 0.717) is 24.3 Å². The minimum atomic E-state index is 0.365. The Bertz CT molecular complexity index is 596. The van der Waals surface area contributed by atoms with Crippen molar-refractivity contribution in [1.29, 1.82) is 0 Å². The predicted molar refractivity (Wildman–Crippen MR) is 84.3 cm³/mol. The molecule has 1 saturated heterocycles. The third kappa shape index (κ3) is 3.61. The number of nitrogens with two attached hydrogens (primary N) is 1. The van der Waals surface area contributed by atoms with E-state index < -0.39 is 0 Å². The van der Waals surface area contributed by atoms with E-state index in [4.69, 9.17) is 10.5 Å². The van der Waals surface area contributed by atoms with E-state index in [0.717, 1.165) is 30.4 Å². The molecule has 1 atom stereocenters. The molecule has 2 aromatic rings. The number of piperidine rings is 1. The maximum Gasteiger partial charge on any atom is 0.257 e. The number of nitrogens with zero attached hydrogens (tertiary/aromatic N) is 2. The lowest BCUT2D eigenvalue weighted by atomic mass is 10.0. The van der Waals surface area contributed by atoms with Gasteiger partial charge in [-0.3, -0.25) is 0 Å². The molecule has 0 spiro atoms. The summed E-state index contributed by atoms with van der Waals surface area (Å²) in [6, 6.07) is 8.32. The summed E-state index contributed by atoms with van der Waals surface area (Å²) in [5.41, 5.74) is 7.52. The summed E-state index contributed by atoms with van der Waals surface area (Å²) in [7, 11) is 0. The van der Waals surface area contributed by atoms with Crippen molar-refractivity contribution in [3.63, 3.8) is 0 Å². The van der Waals surface area contributed by atoms with E-state index in [2.05, 4.69) is 15.3 Å². The van der Waals surface area contributed by atoms with Crippen LogP contribution in [0.1, 0.15) is 32.1 Å². The van der Waals surface area contributed by atoms with E-state index in [-0.39, 0.29) is 0 Å². The summed E-state index contributed by atoms with van der Waals surface area (Å²) in [5, 5.41) is 3.55. The van der Waals surface area contributed by atoms with Crippen LogP contribution < -0.4 is 15.8 Å². The molecule has 3 N–H and O–H groups in total. The quantitative estimate of drug-likeness (QED) is 0.826. The molecule has 0 radical (unpaired) electrons. The predicted octanol–water partition coefficient (Wildman–Crippen LogP) is 2.51. The van der Waals surface area contributed by atoms with Crippen molar-refractivity contribution in [2.24, 2.45) is 0 Å². The third-order valence-electron chi connectivity index (χ3n) is 3.91. The summed E-state index contributed by atoms with van der Waals surface area (Å²) >= 11 is 0. The zero-order valence-corrected chi connectivity index (χ0v) is 12.2. The summed E-state index contributed by atoms with van der Waals surface area (Å²) < 4.78 is 5.71. The number of ether oxygens (including phenoxy) is 1. The molecule has 1 aliphatic heterocycles. The van der Waals surface area contributed by atoms with Crippen LogP contribution in [0, 0.1) is 0 Å². The SMILES string of the molecule is Nc1nc2ccccc2nc1OCCCC1CCCCN1. The van der Waals surface area contributed by atoms with Gasteiger partial charge in [0.15, 0.2) is 5.82 Å². The fraction of sp³-hybridized carbons (Fsp3) is 0.500. The molecule has 0 aliphatic carbocycles. The Balaban J connectivity index is 1.53. The van der Waals surface area contributed by atoms with Crippen LogP contribution in [-0.4, -0.2) is 29.2 Å². The number of rotatable bonds is 5. The van der Waals surface area contributed by atoms with Gasteiger partial charge >= 0.3 is 0 Å². The van der Waals surface area contributed by atoms with Gasteiger partial charge in [-0.15, -0.1) is 0 Å². The van der Waals surface area contributed by atoms with Gasteiger partial charge in [0, 0.05) is 6.04 Å². The third-order valence-corrected chi connectivity index (χ3v) is 3.91.